The molecule has 3 N–H and O–H groups in total. The van der Waals surface area contributed by atoms with Gasteiger partial charge in [-0.1, -0.05) is 19.9 Å². The summed E-state index contributed by atoms with van der Waals surface area (Å²) in [7, 11) is 1.86. The molecule has 0 spiro atoms. The van der Waals surface area contributed by atoms with E-state index < -0.39 is 0 Å². The molecule has 0 saturated heterocycles. The Morgan fingerprint density at radius 3 is 2.52 bits per heavy atom. The zero-order chi connectivity index (χ0) is 15.8. The molecule has 2 amide bonds. The van der Waals surface area contributed by atoms with Gasteiger partial charge in [-0.25, -0.2) is 0 Å². The predicted octanol–water partition coefficient (Wildman–Crippen LogP) is 2.53. The summed E-state index contributed by atoms with van der Waals surface area (Å²) in [5.41, 5.74) is 2.41. The lowest BCUT2D eigenvalue weighted by molar-refractivity contribution is -0.119. The Hall–Kier alpha value is -1.88. The second-order valence-corrected chi connectivity index (χ2v) is 5.43. The molecule has 1 aromatic rings. The molecule has 0 aliphatic carbocycles. The van der Waals surface area contributed by atoms with E-state index in [1.807, 2.05) is 40.0 Å². The number of hydrogen-bond donors (Lipinski definition) is 3. The van der Waals surface area contributed by atoms with E-state index in [0.717, 1.165) is 24.2 Å². The highest BCUT2D eigenvalue weighted by atomic mass is 16.2. The van der Waals surface area contributed by atoms with Gasteiger partial charge in [0.25, 0.3) is 0 Å². The smallest absolute Gasteiger partial charge is 0.226 e. The van der Waals surface area contributed by atoms with Crippen LogP contribution in [-0.2, 0) is 9.59 Å². The van der Waals surface area contributed by atoms with E-state index >= 15 is 0 Å². The molecule has 5 nitrogen and oxygen atoms in total. The Bertz CT molecular complexity index is 498. The topological polar surface area (TPSA) is 70.2 Å². The Kier molecular flexibility index (Phi) is 6.88. The summed E-state index contributed by atoms with van der Waals surface area (Å²) in [5, 5.41) is 8.74. The number of carbonyl (C=O) groups is 2. The second-order valence-electron chi connectivity index (χ2n) is 5.43. The van der Waals surface area contributed by atoms with Crippen molar-refractivity contribution in [3.8, 4) is 0 Å². The molecule has 5 heteroatoms. The summed E-state index contributed by atoms with van der Waals surface area (Å²) in [5.74, 6) is -0.128. The zero-order valence-corrected chi connectivity index (χ0v) is 13.2. The minimum Gasteiger partial charge on any atom is -0.326 e. The van der Waals surface area contributed by atoms with Crippen LogP contribution in [0.3, 0.4) is 0 Å². The minimum absolute atomic E-state index is 0.0133. The molecule has 1 rings (SSSR count). The summed E-state index contributed by atoms with van der Waals surface area (Å²) < 4.78 is 0. The van der Waals surface area contributed by atoms with Crippen molar-refractivity contribution in [1.29, 1.82) is 0 Å². The molecule has 0 aliphatic heterocycles. The molecular formula is C16H25N3O2. The van der Waals surface area contributed by atoms with Gasteiger partial charge in [-0.05, 0) is 44.6 Å². The average Bonchev–Trinajstić information content (AvgIpc) is 2.42. The lowest BCUT2D eigenvalue weighted by atomic mass is 10.1. The maximum absolute atomic E-state index is 11.9. The zero-order valence-electron chi connectivity index (χ0n) is 13.2. The molecule has 0 aliphatic rings. The molecule has 1 aromatic carbocycles. The molecule has 0 atom stereocenters. The van der Waals surface area contributed by atoms with Gasteiger partial charge in [0.15, 0.2) is 0 Å². The number of amides is 2. The highest BCUT2D eigenvalue weighted by molar-refractivity contribution is 5.95. The van der Waals surface area contributed by atoms with E-state index in [4.69, 9.17) is 0 Å². The second kappa shape index (κ2) is 8.42. The minimum atomic E-state index is -0.0779. The van der Waals surface area contributed by atoms with Gasteiger partial charge in [0.05, 0.1) is 0 Å². The van der Waals surface area contributed by atoms with Crippen LogP contribution >= 0.6 is 0 Å². The fraction of sp³-hybridized carbons (Fsp3) is 0.500. The van der Waals surface area contributed by atoms with Gasteiger partial charge in [-0.2, -0.15) is 0 Å². The van der Waals surface area contributed by atoms with Crippen molar-refractivity contribution in [2.75, 3.05) is 24.2 Å². The van der Waals surface area contributed by atoms with Crippen LogP contribution in [-0.4, -0.2) is 25.4 Å². The highest BCUT2D eigenvalue weighted by Crippen LogP contribution is 2.21. The van der Waals surface area contributed by atoms with Crippen LogP contribution in [0.25, 0.3) is 0 Å². The van der Waals surface area contributed by atoms with Crippen LogP contribution in [0.15, 0.2) is 18.2 Å². The molecule has 0 aromatic heterocycles. The molecule has 21 heavy (non-hydrogen) atoms. The average molecular weight is 291 g/mol. The molecule has 0 heterocycles. The molecule has 0 saturated carbocycles. The van der Waals surface area contributed by atoms with Crippen molar-refractivity contribution in [2.24, 2.45) is 5.92 Å². The molecule has 0 radical (unpaired) electrons. The molecule has 0 unspecified atom stereocenters. The summed E-state index contributed by atoms with van der Waals surface area (Å²) in [6.45, 7) is 6.43. The van der Waals surface area contributed by atoms with Crippen LogP contribution < -0.4 is 16.0 Å². The Balaban J connectivity index is 2.69. The van der Waals surface area contributed by atoms with Gasteiger partial charge in [0.1, 0.15) is 0 Å². The van der Waals surface area contributed by atoms with E-state index in [1.165, 1.54) is 0 Å². The largest absolute Gasteiger partial charge is 0.326 e. The molecule has 116 valence electrons. The van der Waals surface area contributed by atoms with Crippen LogP contribution in [0.4, 0.5) is 11.4 Å². The van der Waals surface area contributed by atoms with Crippen molar-refractivity contribution in [3.05, 3.63) is 23.8 Å². The third-order valence-electron chi connectivity index (χ3n) is 3.13. The van der Waals surface area contributed by atoms with E-state index in [1.54, 1.807) is 6.07 Å². The lowest BCUT2D eigenvalue weighted by Crippen LogP contribution is -2.18. The maximum atomic E-state index is 11.9. The Morgan fingerprint density at radius 1 is 1.19 bits per heavy atom. The van der Waals surface area contributed by atoms with Crippen LogP contribution in [0.5, 0.6) is 0 Å². The van der Waals surface area contributed by atoms with Crippen molar-refractivity contribution in [2.45, 2.75) is 33.6 Å². The van der Waals surface area contributed by atoms with Crippen LogP contribution in [0, 0.1) is 12.8 Å². The number of nitrogens with one attached hydrogen (secondary N) is 3. The number of hydrogen-bond acceptors (Lipinski definition) is 3. The number of rotatable bonds is 7. The summed E-state index contributed by atoms with van der Waals surface area (Å²) >= 11 is 0. The number of carbonyl (C=O) groups excluding carboxylic acids is 2. The van der Waals surface area contributed by atoms with Gasteiger partial charge < -0.3 is 16.0 Å². The summed E-state index contributed by atoms with van der Waals surface area (Å²) in [4.78, 5) is 23.6. The summed E-state index contributed by atoms with van der Waals surface area (Å²) in [6, 6.07) is 5.52. The molecular weight excluding hydrogens is 266 g/mol. The van der Waals surface area contributed by atoms with E-state index in [2.05, 4.69) is 16.0 Å². The quantitative estimate of drug-likeness (QED) is 0.676. The number of anilines is 2. The molecule has 0 fully saturated rings. The first-order valence-corrected chi connectivity index (χ1v) is 7.30. The fourth-order valence-corrected chi connectivity index (χ4v) is 1.76. The summed E-state index contributed by atoms with van der Waals surface area (Å²) in [6.07, 6.45) is 1.27. The van der Waals surface area contributed by atoms with E-state index in [-0.39, 0.29) is 17.7 Å². The Labute approximate surface area is 126 Å². The van der Waals surface area contributed by atoms with Crippen molar-refractivity contribution in [1.82, 2.24) is 5.32 Å². The van der Waals surface area contributed by atoms with Gasteiger partial charge >= 0.3 is 0 Å². The fourth-order valence-electron chi connectivity index (χ4n) is 1.76. The van der Waals surface area contributed by atoms with Gasteiger partial charge in [0, 0.05) is 23.7 Å². The normalized spacial score (nSPS) is 10.5. The van der Waals surface area contributed by atoms with Crippen molar-refractivity contribution < 1.29 is 9.59 Å². The molecule has 0 bridgehead atoms. The van der Waals surface area contributed by atoms with Crippen molar-refractivity contribution in [3.63, 3.8) is 0 Å². The predicted molar refractivity (Wildman–Crippen MR) is 86.4 cm³/mol. The third kappa shape index (κ3) is 5.95. The third-order valence-corrected chi connectivity index (χ3v) is 3.13. The maximum Gasteiger partial charge on any atom is 0.226 e. The lowest BCUT2D eigenvalue weighted by Gasteiger charge is -2.12. The van der Waals surface area contributed by atoms with E-state index in [9.17, 15) is 9.59 Å². The first kappa shape index (κ1) is 17.2. The van der Waals surface area contributed by atoms with Gasteiger partial charge in [0.2, 0.25) is 11.8 Å². The van der Waals surface area contributed by atoms with Gasteiger partial charge in [-0.3, -0.25) is 9.59 Å². The SMILES string of the molecule is CNCCCC(=O)Nc1cc(NC(=O)C(C)C)ccc1C. The first-order valence-electron chi connectivity index (χ1n) is 7.30. The van der Waals surface area contributed by atoms with Crippen LogP contribution in [0.2, 0.25) is 0 Å². The van der Waals surface area contributed by atoms with E-state index in [0.29, 0.717) is 12.1 Å². The van der Waals surface area contributed by atoms with Crippen molar-refractivity contribution >= 4 is 23.2 Å². The first-order chi connectivity index (χ1) is 9.93. The monoisotopic (exact) mass is 291 g/mol. The number of aryl methyl sites for hydroxylation is 1. The standard InChI is InChI=1S/C16H25N3O2/c1-11(2)16(21)18-13-8-7-12(3)14(10-13)19-15(20)6-5-9-17-4/h7-8,10-11,17H,5-6,9H2,1-4H3,(H,18,21)(H,19,20). The van der Waals surface area contributed by atoms with Gasteiger partial charge in [-0.15, -0.1) is 0 Å². The highest BCUT2D eigenvalue weighted by Gasteiger charge is 2.09. The van der Waals surface area contributed by atoms with Crippen LogP contribution in [0.1, 0.15) is 32.3 Å². The number of benzene rings is 1. The Morgan fingerprint density at radius 2 is 1.90 bits per heavy atom.